The van der Waals surface area contributed by atoms with E-state index >= 15 is 0 Å². The molecule has 0 heterocycles. The number of oxime groups is 1. The summed E-state index contributed by atoms with van der Waals surface area (Å²) in [7, 11) is 0. The maximum Gasteiger partial charge on any atom is 0.387 e. The third-order valence-electron chi connectivity index (χ3n) is 2.85. The molecule has 128 valence electrons. The smallest absolute Gasteiger partial charge is 0.387 e. The summed E-state index contributed by atoms with van der Waals surface area (Å²) < 4.78 is 28.3. The zero-order chi connectivity index (χ0) is 18.1. The third-order valence-corrected chi connectivity index (χ3v) is 2.85. The quantitative estimate of drug-likeness (QED) is 0.617. The molecule has 25 heavy (non-hydrogen) atoms. The van der Waals surface area contributed by atoms with E-state index in [0.29, 0.717) is 16.8 Å². The summed E-state index contributed by atoms with van der Waals surface area (Å²) in [5.41, 5.74) is 1.49. The minimum Gasteiger partial charge on any atom is -0.435 e. The lowest BCUT2D eigenvalue weighted by Crippen LogP contribution is -2.17. The predicted molar refractivity (Wildman–Crippen MR) is 86.4 cm³/mol. The maximum atomic E-state index is 12.0. The van der Waals surface area contributed by atoms with Gasteiger partial charge in [-0.3, -0.25) is 4.79 Å². The Bertz CT molecular complexity index is 786. The Morgan fingerprint density at radius 2 is 2.04 bits per heavy atom. The van der Waals surface area contributed by atoms with E-state index in [-0.39, 0.29) is 12.4 Å². The van der Waals surface area contributed by atoms with Crippen LogP contribution in [0.2, 0.25) is 0 Å². The topological polar surface area (TPSA) is 83.7 Å². The van der Waals surface area contributed by atoms with Gasteiger partial charge in [0.2, 0.25) is 0 Å². The van der Waals surface area contributed by atoms with E-state index in [4.69, 9.17) is 10.1 Å². The number of anilines is 1. The summed E-state index contributed by atoms with van der Waals surface area (Å²) in [6.07, 6.45) is 1.33. The van der Waals surface area contributed by atoms with Crippen LogP contribution in [-0.4, -0.2) is 25.3 Å². The van der Waals surface area contributed by atoms with Crippen LogP contribution in [0.5, 0.6) is 5.75 Å². The maximum absolute atomic E-state index is 12.0. The average molecular weight is 345 g/mol. The first-order valence-corrected chi connectivity index (χ1v) is 7.07. The van der Waals surface area contributed by atoms with Gasteiger partial charge in [-0.2, -0.15) is 14.0 Å². The second kappa shape index (κ2) is 8.98. The molecule has 0 atom stereocenters. The predicted octanol–water partition coefficient (Wildman–Crippen LogP) is 3.15. The van der Waals surface area contributed by atoms with Crippen molar-refractivity contribution in [2.45, 2.75) is 6.61 Å². The van der Waals surface area contributed by atoms with Gasteiger partial charge in [0.1, 0.15) is 5.75 Å². The van der Waals surface area contributed by atoms with Gasteiger partial charge in [-0.15, -0.1) is 0 Å². The summed E-state index contributed by atoms with van der Waals surface area (Å²) >= 11 is 0. The molecule has 0 aliphatic carbocycles. The van der Waals surface area contributed by atoms with E-state index in [0.717, 1.165) is 0 Å². The Morgan fingerprint density at radius 3 is 2.72 bits per heavy atom. The van der Waals surface area contributed by atoms with Gasteiger partial charge in [-0.05, 0) is 48.0 Å². The minimum atomic E-state index is -2.88. The van der Waals surface area contributed by atoms with E-state index in [1.807, 2.05) is 6.07 Å². The van der Waals surface area contributed by atoms with Crippen molar-refractivity contribution in [3.05, 3.63) is 59.7 Å². The molecule has 0 saturated heterocycles. The monoisotopic (exact) mass is 345 g/mol. The van der Waals surface area contributed by atoms with Crippen LogP contribution >= 0.6 is 0 Å². The average Bonchev–Trinajstić information content (AvgIpc) is 2.60. The van der Waals surface area contributed by atoms with Gasteiger partial charge in [-0.25, -0.2) is 0 Å². The number of nitrogens with zero attached hydrogens (tertiary/aromatic N) is 2. The number of amides is 1. The van der Waals surface area contributed by atoms with Crippen LogP contribution in [0, 0.1) is 11.3 Å². The number of halogens is 2. The second-order valence-electron chi connectivity index (χ2n) is 4.70. The summed E-state index contributed by atoms with van der Waals surface area (Å²) in [4.78, 5) is 16.6. The molecular weight excluding hydrogens is 332 g/mol. The van der Waals surface area contributed by atoms with Crippen LogP contribution in [0.3, 0.4) is 0 Å². The lowest BCUT2D eigenvalue weighted by Gasteiger charge is -2.04. The van der Waals surface area contributed by atoms with Gasteiger partial charge in [-0.1, -0.05) is 11.2 Å². The zero-order valence-electron chi connectivity index (χ0n) is 12.9. The van der Waals surface area contributed by atoms with Crippen molar-refractivity contribution < 1.29 is 23.1 Å². The number of nitrogens with one attached hydrogen (secondary N) is 1. The van der Waals surface area contributed by atoms with Crippen molar-refractivity contribution in [2.75, 3.05) is 11.9 Å². The van der Waals surface area contributed by atoms with Crippen LogP contribution in [0.4, 0.5) is 14.5 Å². The summed E-state index contributed by atoms with van der Waals surface area (Å²) in [5, 5.41) is 15.0. The molecule has 2 aromatic rings. The van der Waals surface area contributed by atoms with Gasteiger partial charge < -0.3 is 14.9 Å². The number of ether oxygens (including phenoxy) is 1. The molecule has 0 aliphatic rings. The van der Waals surface area contributed by atoms with Crippen LogP contribution in [0.25, 0.3) is 0 Å². The van der Waals surface area contributed by atoms with Crippen molar-refractivity contribution in [2.24, 2.45) is 5.16 Å². The van der Waals surface area contributed by atoms with Gasteiger partial charge in [0, 0.05) is 5.69 Å². The first-order chi connectivity index (χ1) is 12.1. The molecule has 0 spiro atoms. The molecule has 2 rings (SSSR count). The molecule has 0 aliphatic heterocycles. The number of benzene rings is 2. The molecule has 0 fully saturated rings. The fraction of sp³-hybridized carbons (Fsp3) is 0.118. The molecule has 6 nitrogen and oxygen atoms in total. The molecule has 8 heteroatoms. The van der Waals surface area contributed by atoms with Crippen molar-refractivity contribution in [1.29, 1.82) is 5.26 Å². The number of hydrogen-bond donors (Lipinski definition) is 1. The first-order valence-electron chi connectivity index (χ1n) is 7.07. The third kappa shape index (κ3) is 6.27. The molecule has 0 aromatic heterocycles. The summed E-state index contributed by atoms with van der Waals surface area (Å²) in [6.45, 7) is -3.20. The molecule has 0 radical (unpaired) electrons. The zero-order valence-corrected chi connectivity index (χ0v) is 12.9. The summed E-state index contributed by atoms with van der Waals surface area (Å²) in [6, 6.07) is 14.2. The molecule has 0 unspecified atom stereocenters. The standard InChI is InChI=1S/C17H13F2N3O3/c18-17(19)25-15-6-4-12(5-7-15)10-21-24-11-16(23)22-14-3-1-2-13(8-14)9-20/h1-8,10,17H,11H2,(H,22,23)/b21-10+. The molecular formula is C17H13F2N3O3. The van der Waals surface area contributed by atoms with Gasteiger partial charge in [0.15, 0.2) is 6.61 Å². The fourth-order valence-corrected chi connectivity index (χ4v) is 1.79. The molecule has 1 amide bonds. The molecule has 0 bridgehead atoms. The number of carbonyl (C=O) groups is 1. The number of nitriles is 1. The van der Waals surface area contributed by atoms with Gasteiger partial charge in [0.25, 0.3) is 5.91 Å². The van der Waals surface area contributed by atoms with Gasteiger partial charge >= 0.3 is 6.61 Å². The normalized spacial score (nSPS) is 10.5. The Balaban J connectivity index is 1.78. The Kier molecular flexibility index (Phi) is 6.42. The molecule has 2 aromatic carbocycles. The Hall–Kier alpha value is -3.47. The van der Waals surface area contributed by atoms with E-state index < -0.39 is 12.5 Å². The van der Waals surface area contributed by atoms with Crippen LogP contribution in [0.15, 0.2) is 53.7 Å². The van der Waals surface area contributed by atoms with Crippen LogP contribution < -0.4 is 10.1 Å². The van der Waals surface area contributed by atoms with Crippen molar-refractivity contribution >= 4 is 17.8 Å². The Labute approximate surface area is 142 Å². The summed E-state index contributed by atoms with van der Waals surface area (Å²) in [5.74, 6) is -0.403. The number of carbonyl (C=O) groups excluding carboxylic acids is 1. The van der Waals surface area contributed by atoms with Crippen molar-refractivity contribution in [3.63, 3.8) is 0 Å². The lowest BCUT2D eigenvalue weighted by molar-refractivity contribution is -0.120. The van der Waals surface area contributed by atoms with E-state index in [1.165, 1.54) is 36.5 Å². The highest BCUT2D eigenvalue weighted by Crippen LogP contribution is 2.14. The molecule has 0 saturated carbocycles. The fourth-order valence-electron chi connectivity index (χ4n) is 1.79. The SMILES string of the molecule is N#Cc1cccc(NC(=O)CO/N=C/c2ccc(OC(F)F)cc2)c1. The first kappa shape index (κ1) is 17.9. The number of alkyl halides is 2. The highest BCUT2D eigenvalue weighted by atomic mass is 19.3. The van der Waals surface area contributed by atoms with Crippen molar-refractivity contribution in [3.8, 4) is 11.8 Å². The van der Waals surface area contributed by atoms with E-state index in [2.05, 4.69) is 15.2 Å². The Morgan fingerprint density at radius 1 is 1.28 bits per heavy atom. The van der Waals surface area contributed by atoms with E-state index in [1.54, 1.807) is 18.2 Å². The minimum absolute atomic E-state index is 0.0343. The number of hydrogen-bond acceptors (Lipinski definition) is 5. The van der Waals surface area contributed by atoms with Crippen LogP contribution in [0.1, 0.15) is 11.1 Å². The second-order valence-corrected chi connectivity index (χ2v) is 4.70. The van der Waals surface area contributed by atoms with Crippen LogP contribution in [-0.2, 0) is 9.63 Å². The largest absolute Gasteiger partial charge is 0.435 e. The van der Waals surface area contributed by atoms with Gasteiger partial charge in [0.05, 0.1) is 17.8 Å². The lowest BCUT2D eigenvalue weighted by atomic mass is 10.2. The highest BCUT2D eigenvalue weighted by Gasteiger charge is 2.04. The van der Waals surface area contributed by atoms with Crippen molar-refractivity contribution in [1.82, 2.24) is 0 Å². The van der Waals surface area contributed by atoms with E-state index in [9.17, 15) is 13.6 Å². The number of rotatable bonds is 7. The molecule has 1 N–H and O–H groups in total. The highest BCUT2D eigenvalue weighted by molar-refractivity contribution is 5.91.